The third kappa shape index (κ3) is 3.40. The molecule has 0 radical (unpaired) electrons. The molecule has 0 bridgehead atoms. The zero-order chi connectivity index (χ0) is 17.4. The molecule has 2 atom stereocenters. The molecular weight excluding hydrogens is 320 g/mol. The highest BCUT2D eigenvalue weighted by atomic mass is 19.3. The molecule has 0 amide bonds. The van der Waals surface area contributed by atoms with Crippen molar-refractivity contribution in [1.29, 1.82) is 0 Å². The average molecular weight is 336 g/mol. The van der Waals surface area contributed by atoms with Crippen LogP contribution < -0.4 is 9.64 Å². The van der Waals surface area contributed by atoms with Gasteiger partial charge >= 0.3 is 12.5 Å². The molecule has 1 aliphatic rings. The van der Waals surface area contributed by atoms with Gasteiger partial charge in [-0.15, -0.1) is 0 Å². The van der Waals surface area contributed by atoms with Crippen LogP contribution in [0.15, 0.2) is 18.2 Å². The summed E-state index contributed by atoms with van der Waals surface area (Å²) in [6, 6.07) is 3.81. The number of β-amino-alcohol motifs (C(OH)–C–C–N with tert-alkyl or cyclic N) is 1. The smallest absolute Gasteiger partial charge is 0.428 e. The maximum absolute atomic E-state index is 13.0. The summed E-state index contributed by atoms with van der Waals surface area (Å²) in [5.41, 5.74) is 0.568. The Kier molecular flexibility index (Phi) is 4.81. The van der Waals surface area contributed by atoms with E-state index in [1.165, 1.54) is 24.0 Å². The van der Waals surface area contributed by atoms with Crippen LogP contribution in [0.2, 0.25) is 0 Å². The van der Waals surface area contributed by atoms with Gasteiger partial charge in [-0.3, -0.25) is 9.69 Å². The predicted molar refractivity (Wildman–Crippen MR) is 73.7 cm³/mol. The summed E-state index contributed by atoms with van der Waals surface area (Å²) >= 11 is 0. The largest absolute Gasteiger partial charge is 0.461 e. The van der Waals surface area contributed by atoms with Gasteiger partial charge in [-0.05, 0) is 37.7 Å². The molecule has 1 aromatic carbocycles. The van der Waals surface area contributed by atoms with Gasteiger partial charge in [0.2, 0.25) is 0 Å². The zero-order valence-electron chi connectivity index (χ0n) is 12.4. The molecule has 1 aliphatic heterocycles. The Labute approximate surface area is 130 Å². The van der Waals surface area contributed by atoms with Crippen LogP contribution in [0.25, 0.3) is 0 Å². The van der Waals surface area contributed by atoms with Crippen LogP contribution in [-0.4, -0.2) is 54.8 Å². The lowest BCUT2D eigenvalue weighted by Gasteiger charge is -2.28. The maximum Gasteiger partial charge on any atom is 0.461 e. The highest BCUT2D eigenvalue weighted by Gasteiger charge is 2.44. The lowest BCUT2D eigenvalue weighted by molar-refractivity contribution is -0.253. The van der Waals surface area contributed by atoms with E-state index in [0.717, 1.165) is 6.07 Å². The molecular formula is C14H16F4N2O3. The Morgan fingerprint density at radius 1 is 1.43 bits per heavy atom. The summed E-state index contributed by atoms with van der Waals surface area (Å²) in [6.45, 7) is 1.63. The minimum Gasteiger partial charge on any atom is -0.428 e. The molecule has 2 rings (SSSR count). The number of aldehydes is 1. The van der Waals surface area contributed by atoms with Gasteiger partial charge in [-0.2, -0.15) is 17.6 Å². The quantitative estimate of drug-likeness (QED) is 0.657. The molecule has 0 spiro atoms. The Hall–Kier alpha value is -1.87. The number of carbonyl (C=O) groups excluding carboxylic acids is 1. The summed E-state index contributed by atoms with van der Waals surface area (Å²) in [4.78, 5) is 14.2. The van der Waals surface area contributed by atoms with Gasteiger partial charge in [0.25, 0.3) is 0 Å². The van der Waals surface area contributed by atoms with Gasteiger partial charge in [-0.1, -0.05) is 0 Å². The number of likely N-dealkylation sites (N-methyl/N-ethyl adjacent to an activating group) is 1. The number of alkyl halides is 4. The number of halogens is 4. The summed E-state index contributed by atoms with van der Waals surface area (Å²) in [6.07, 6.45) is -9.57. The van der Waals surface area contributed by atoms with Crippen molar-refractivity contribution in [2.24, 2.45) is 0 Å². The molecule has 1 saturated heterocycles. The van der Waals surface area contributed by atoms with Crippen molar-refractivity contribution in [1.82, 2.24) is 4.90 Å². The summed E-state index contributed by atoms with van der Waals surface area (Å²) in [7, 11) is 1.65. The Morgan fingerprint density at radius 2 is 2.09 bits per heavy atom. The number of rotatable bonds is 5. The number of aryl methyl sites for hydroxylation is 1. The van der Waals surface area contributed by atoms with E-state index in [0.29, 0.717) is 12.0 Å². The van der Waals surface area contributed by atoms with Crippen LogP contribution in [0.5, 0.6) is 5.75 Å². The molecule has 1 N–H and O–H groups in total. The topological polar surface area (TPSA) is 53.0 Å². The van der Waals surface area contributed by atoms with Gasteiger partial charge in [0.15, 0.2) is 6.29 Å². The summed E-state index contributed by atoms with van der Waals surface area (Å²) in [5.74, 6) is -0.399. The zero-order valence-corrected chi connectivity index (χ0v) is 12.4. The Bertz CT molecular complexity index is 585. The number of aliphatic hydroxyl groups is 1. The normalized spacial score (nSPS) is 22.7. The van der Waals surface area contributed by atoms with Crippen molar-refractivity contribution in [3.05, 3.63) is 23.8 Å². The maximum atomic E-state index is 13.0. The van der Waals surface area contributed by atoms with Gasteiger partial charge in [0, 0.05) is 12.2 Å². The molecule has 0 saturated carbocycles. The molecule has 128 valence electrons. The van der Waals surface area contributed by atoms with Crippen molar-refractivity contribution in [2.45, 2.75) is 31.9 Å². The minimum atomic E-state index is -4.59. The molecule has 9 heteroatoms. The molecule has 0 aromatic heterocycles. The molecule has 5 nitrogen and oxygen atoms in total. The highest BCUT2D eigenvalue weighted by molar-refractivity contribution is 5.68. The van der Waals surface area contributed by atoms with Crippen molar-refractivity contribution >= 4 is 12.0 Å². The molecule has 1 fully saturated rings. The second-order valence-electron chi connectivity index (χ2n) is 5.29. The van der Waals surface area contributed by atoms with E-state index in [-0.39, 0.29) is 12.1 Å². The third-order valence-electron chi connectivity index (χ3n) is 3.59. The number of hydrogen-bond acceptors (Lipinski definition) is 5. The van der Waals surface area contributed by atoms with Crippen LogP contribution in [0.4, 0.5) is 23.2 Å². The first-order chi connectivity index (χ1) is 10.7. The highest BCUT2D eigenvalue weighted by Crippen LogP contribution is 2.33. The number of anilines is 1. The lowest BCUT2D eigenvalue weighted by Crippen LogP contribution is -2.41. The van der Waals surface area contributed by atoms with E-state index >= 15 is 0 Å². The first kappa shape index (κ1) is 17.5. The van der Waals surface area contributed by atoms with E-state index in [1.807, 2.05) is 0 Å². The van der Waals surface area contributed by atoms with Crippen LogP contribution in [0.3, 0.4) is 0 Å². The number of carbonyl (C=O) groups is 1. The molecule has 1 heterocycles. The number of benzene rings is 1. The Balaban J connectivity index is 2.27. The van der Waals surface area contributed by atoms with Crippen molar-refractivity contribution in [2.75, 3.05) is 18.5 Å². The van der Waals surface area contributed by atoms with Crippen LogP contribution in [-0.2, 0) is 4.79 Å². The van der Waals surface area contributed by atoms with Crippen LogP contribution in [0.1, 0.15) is 5.56 Å². The SMILES string of the molecule is Cc1cc(N2C(O)CN(C)C2C=O)ccc1OC(F)(F)C(F)F. The van der Waals surface area contributed by atoms with Gasteiger partial charge < -0.3 is 14.7 Å². The fraction of sp³-hybridized carbons (Fsp3) is 0.500. The molecule has 0 aliphatic carbocycles. The van der Waals surface area contributed by atoms with Crippen molar-refractivity contribution in [3.63, 3.8) is 0 Å². The standard InChI is InChI=1S/C14H16F4N2O3/c1-8-5-9(20-11(7-21)19(2)6-12(20)22)3-4-10(8)23-14(17,18)13(15)16/h3-5,7,11-13,22H,6H2,1-2H3. The number of nitrogens with zero attached hydrogens (tertiary/aromatic N) is 2. The van der Waals surface area contributed by atoms with E-state index in [1.54, 1.807) is 11.9 Å². The Morgan fingerprint density at radius 3 is 2.61 bits per heavy atom. The van der Waals surface area contributed by atoms with Crippen molar-refractivity contribution < 1.29 is 32.2 Å². The monoisotopic (exact) mass is 336 g/mol. The summed E-state index contributed by atoms with van der Waals surface area (Å²) in [5, 5.41) is 10.0. The van der Waals surface area contributed by atoms with E-state index in [9.17, 15) is 27.5 Å². The number of aliphatic hydroxyl groups excluding tert-OH is 1. The number of hydrogen-bond donors (Lipinski definition) is 1. The predicted octanol–water partition coefficient (Wildman–Crippen LogP) is 1.83. The molecule has 2 unspecified atom stereocenters. The van der Waals surface area contributed by atoms with Crippen LogP contribution >= 0.6 is 0 Å². The second kappa shape index (κ2) is 6.32. The first-order valence-electron chi connectivity index (χ1n) is 6.75. The van der Waals surface area contributed by atoms with Crippen LogP contribution in [0, 0.1) is 6.92 Å². The van der Waals surface area contributed by atoms with E-state index in [2.05, 4.69) is 4.74 Å². The van der Waals surface area contributed by atoms with Crippen molar-refractivity contribution in [3.8, 4) is 5.75 Å². The minimum absolute atomic E-state index is 0.175. The van der Waals surface area contributed by atoms with Gasteiger partial charge in [0.1, 0.15) is 18.1 Å². The van der Waals surface area contributed by atoms with E-state index < -0.39 is 30.7 Å². The third-order valence-corrected chi connectivity index (χ3v) is 3.59. The fourth-order valence-electron chi connectivity index (χ4n) is 2.44. The number of ether oxygens (including phenoxy) is 1. The average Bonchev–Trinajstić information content (AvgIpc) is 2.74. The molecule has 1 aromatic rings. The van der Waals surface area contributed by atoms with Gasteiger partial charge in [0.05, 0.1) is 0 Å². The fourth-order valence-corrected chi connectivity index (χ4v) is 2.44. The molecule has 23 heavy (non-hydrogen) atoms. The first-order valence-corrected chi connectivity index (χ1v) is 6.75. The second-order valence-corrected chi connectivity index (χ2v) is 5.29. The van der Waals surface area contributed by atoms with Gasteiger partial charge in [-0.25, -0.2) is 0 Å². The summed E-state index contributed by atoms with van der Waals surface area (Å²) < 4.78 is 54.4. The lowest BCUT2D eigenvalue weighted by atomic mass is 10.1. The van der Waals surface area contributed by atoms with E-state index in [4.69, 9.17) is 0 Å².